The van der Waals surface area contributed by atoms with Gasteiger partial charge in [-0.15, -0.1) is 11.3 Å². The molecule has 0 amide bonds. The number of pyridine rings is 1. The van der Waals surface area contributed by atoms with Crippen LogP contribution in [0.4, 0.5) is 5.82 Å². The average molecular weight is 459 g/mol. The van der Waals surface area contributed by atoms with E-state index in [-0.39, 0.29) is 0 Å². The predicted octanol–water partition coefficient (Wildman–Crippen LogP) is 4.41. The maximum Gasteiger partial charge on any atom is 0.196 e. The highest BCUT2D eigenvalue weighted by molar-refractivity contribution is 7.85. The van der Waals surface area contributed by atoms with Gasteiger partial charge < -0.3 is 5.32 Å². The topological polar surface area (TPSA) is 107 Å². The highest BCUT2D eigenvalue weighted by Crippen LogP contribution is 2.35. The van der Waals surface area contributed by atoms with E-state index >= 15 is 0 Å². The van der Waals surface area contributed by atoms with Crippen molar-refractivity contribution in [1.29, 1.82) is 0 Å². The van der Waals surface area contributed by atoms with Gasteiger partial charge in [-0.3, -0.25) is 4.98 Å². The van der Waals surface area contributed by atoms with E-state index in [1.54, 1.807) is 12.4 Å². The van der Waals surface area contributed by atoms with E-state index in [0.717, 1.165) is 27.7 Å². The number of hydrogen-bond acceptors (Lipinski definition) is 7. The Kier molecular flexibility index (Phi) is 5.68. The van der Waals surface area contributed by atoms with Crippen LogP contribution in [0, 0.1) is 0 Å². The van der Waals surface area contributed by atoms with Crippen LogP contribution in [0.25, 0.3) is 32.7 Å². The molecule has 0 aliphatic carbocycles. The van der Waals surface area contributed by atoms with Gasteiger partial charge in [0.2, 0.25) is 0 Å². The quantitative estimate of drug-likeness (QED) is 0.390. The van der Waals surface area contributed by atoms with E-state index in [0.29, 0.717) is 27.4 Å². The molecule has 0 radical (unpaired) electrons. The van der Waals surface area contributed by atoms with Crippen LogP contribution in [-0.2, 0) is 17.5 Å². The Morgan fingerprint density at radius 2 is 1.78 bits per heavy atom. The van der Waals surface area contributed by atoms with Crippen molar-refractivity contribution in [2.24, 2.45) is 5.14 Å². The number of fused-ring (bicyclic) bond motifs is 1. The molecule has 7 nitrogen and oxygen atoms in total. The van der Waals surface area contributed by atoms with Gasteiger partial charge >= 0.3 is 0 Å². The molecular formula is C23H18N6OS2. The maximum atomic E-state index is 11.6. The SMILES string of the molecule is NS(=O)c1ncc(-c2nc(NCc3ccccn3)c3c(-c4ccccc4)cccc3n2)s1. The molecule has 0 bridgehead atoms. The zero-order valence-electron chi connectivity index (χ0n) is 16.8. The molecule has 3 heterocycles. The van der Waals surface area contributed by atoms with Crippen LogP contribution >= 0.6 is 11.3 Å². The number of rotatable bonds is 6. The summed E-state index contributed by atoms with van der Waals surface area (Å²) in [7, 11) is -1.64. The minimum absolute atomic E-state index is 0.338. The summed E-state index contributed by atoms with van der Waals surface area (Å²) >= 11 is 1.22. The third-order valence-electron chi connectivity index (χ3n) is 4.85. The first kappa shape index (κ1) is 20.4. The Balaban J connectivity index is 1.66. The highest BCUT2D eigenvalue weighted by atomic mass is 32.2. The third kappa shape index (κ3) is 4.13. The van der Waals surface area contributed by atoms with Crippen LogP contribution in [0.15, 0.2) is 83.5 Å². The van der Waals surface area contributed by atoms with Crippen LogP contribution in [0.5, 0.6) is 0 Å². The van der Waals surface area contributed by atoms with Gasteiger partial charge in [0.05, 0.1) is 34.2 Å². The van der Waals surface area contributed by atoms with Gasteiger partial charge in [-0.25, -0.2) is 24.3 Å². The summed E-state index contributed by atoms with van der Waals surface area (Å²) in [6.07, 6.45) is 3.37. The Labute approximate surface area is 191 Å². The van der Waals surface area contributed by atoms with Crippen molar-refractivity contribution in [1.82, 2.24) is 19.9 Å². The second-order valence-corrected chi connectivity index (χ2v) is 9.19. The van der Waals surface area contributed by atoms with Gasteiger partial charge in [0.1, 0.15) is 5.82 Å². The molecule has 158 valence electrons. The molecular weight excluding hydrogens is 440 g/mol. The molecule has 1 atom stereocenters. The number of anilines is 1. The van der Waals surface area contributed by atoms with Gasteiger partial charge in [0.25, 0.3) is 0 Å². The number of nitrogens with one attached hydrogen (secondary N) is 1. The Morgan fingerprint density at radius 3 is 2.53 bits per heavy atom. The fourth-order valence-corrected chi connectivity index (χ4v) is 4.75. The van der Waals surface area contributed by atoms with Gasteiger partial charge in [-0.1, -0.05) is 48.5 Å². The Hall–Kier alpha value is -3.53. The molecule has 0 saturated carbocycles. The smallest absolute Gasteiger partial charge is 0.196 e. The first-order chi connectivity index (χ1) is 15.7. The second kappa shape index (κ2) is 8.91. The highest BCUT2D eigenvalue weighted by Gasteiger charge is 2.16. The van der Waals surface area contributed by atoms with Crippen LogP contribution in [0.2, 0.25) is 0 Å². The average Bonchev–Trinajstić information content (AvgIpc) is 3.34. The minimum atomic E-state index is -1.64. The molecule has 1 unspecified atom stereocenters. The van der Waals surface area contributed by atoms with Crippen molar-refractivity contribution >= 4 is 39.0 Å². The molecule has 0 fully saturated rings. The lowest BCUT2D eigenvalue weighted by Crippen LogP contribution is -2.06. The molecule has 0 spiro atoms. The summed E-state index contributed by atoms with van der Waals surface area (Å²) < 4.78 is 11.9. The van der Waals surface area contributed by atoms with Gasteiger partial charge in [0, 0.05) is 6.20 Å². The summed E-state index contributed by atoms with van der Waals surface area (Å²) in [4.78, 5) is 18.8. The molecule has 3 N–H and O–H groups in total. The first-order valence-corrected chi connectivity index (χ1v) is 11.8. The fourth-order valence-electron chi connectivity index (χ4n) is 3.41. The van der Waals surface area contributed by atoms with E-state index < -0.39 is 11.0 Å². The Morgan fingerprint density at radius 1 is 0.938 bits per heavy atom. The summed E-state index contributed by atoms with van der Waals surface area (Å²) in [5.74, 6) is 1.19. The van der Waals surface area contributed by atoms with E-state index in [9.17, 15) is 4.21 Å². The monoisotopic (exact) mass is 458 g/mol. The lowest BCUT2D eigenvalue weighted by molar-refractivity contribution is 0.683. The first-order valence-electron chi connectivity index (χ1n) is 9.81. The number of hydrogen-bond donors (Lipinski definition) is 2. The normalized spacial score (nSPS) is 12.0. The fraction of sp³-hybridized carbons (Fsp3) is 0.0435. The largest absolute Gasteiger partial charge is 0.364 e. The zero-order valence-corrected chi connectivity index (χ0v) is 18.4. The van der Waals surface area contributed by atoms with Gasteiger partial charge in [-0.2, -0.15) is 0 Å². The van der Waals surface area contributed by atoms with E-state index in [1.807, 2.05) is 48.5 Å². The molecule has 3 aromatic heterocycles. The summed E-state index contributed by atoms with van der Waals surface area (Å²) in [6, 6.07) is 22.0. The van der Waals surface area contributed by atoms with Gasteiger partial charge in [0.15, 0.2) is 21.1 Å². The minimum Gasteiger partial charge on any atom is -0.364 e. The predicted molar refractivity (Wildman–Crippen MR) is 128 cm³/mol. The van der Waals surface area contributed by atoms with Crippen LogP contribution < -0.4 is 10.5 Å². The third-order valence-corrected chi connectivity index (χ3v) is 6.83. The van der Waals surface area contributed by atoms with Crippen molar-refractivity contribution in [2.45, 2.75) is 10.9 Å². The summed E-state index contributed by atoms with van der Waals surface area (Å²) in [6.45, 7) is 0.510. The summed E-state index contributed by atoms with van der Waals surface area (Å²) in [5.41, 5.74) is 3.81. The van der Waals surface area contributed by atoms with Gasteiger partial charge in [-0.05, 0) is 29.3 Å². The molecule has 5 rings (SSSR count). The number of aromatic nitrogens is 4. The number of nitrogens with two attached hydrogens (primary N) is 1. The molecule has 32 heavy (non-hydrogen) atoms. The van der Waals surface area contributed by atoms with E-state index in [4.69, 9.17) is 15.1 Å². The number of thiazole rings is 1. The zero-order chi connectivity index (χ0) is 21.9. The van der Waals surface area contributed by atoms with Crippen molar-refractivity contribution in [2.75, 3.05) is 5.32 Å². The molecule has 0 aliphatic heterocycles. The molecule has 9 heteroatoms. The second-order valence-electron chi connectivity index (χ2n) is 6.92. The molecule has 2 aromatic carbocycles. The number of benzene rings is 2. The van der Waals surface area contributed by atoms with Crippen LogP contribution in [0.3, 0.4) is 0 Å². The Bertz CT molecular complexity index is 1410. The number of nitrogens with zero attached hydrogens (tertiary/aromatic N) is 4. The van der Waals surface area contributed by atoms with Crippen molar-refractivity contribution in [3.63, 3.8) is 0 Å². The lowest BCUT2D eigenvalue weighted by Gasteiger charge is -2.14. The lowest BCUT2D eigenvalue weighted by atomic mass is 10.0. The van der Waals surface area contributed by atoms with Crippen molar-refractivity contribution < 1.29 is 4.21 Å². The molecule has 0 saturated heterocycles. The molecule has 5 aromatic rings. The standard InChI is InChI=1S/C23H18N6OS2/c24-32(30)23-27-14-19(31-23)21-28-18-11-6-10-17(15-7-2-1-3-8-15)20(18)22(29-21)26-13-16-9-4-5-12-25-16/h1-12,14H,13,24H2,(H,26,28,29). The van der Waals surface area contributed by atoms with Crippen LogP contribution in [-0.4, -0.2) is 24.1 Å². The van der Waals surface area contributed by atoms with Crippen molar-refractivity contribution in [3.05, 3.63) is 84.8 Å². The van der Waals surface area contributed by atoms with E-state index in [2.05, 4.69) is 33.5 Å². The summed E-state index contributed by atoms with van der Waals surface area (Å²) in [5, 5.41) is 9.84. The molecule has 0 aliphatic rings. The maximum absolute atomic E-state index is 11.6. The van der Waals surface area contributed by atoms with E-state index in [1.165, 1.54) is 11.3 Å². The van der Waals surface area contributed by atoms with Crippen molar-refractivity contribution in [3.8, 4) is 21.8 Å². The van der Waals surface area contributed by atoms with Crippen LogP contribution in [0.1, 0.15) is 5.69 Å².